The first-order valence-electron chi connectivity index (χ1n) is 8.12. The second-order valence-electron chi connectivity index (χ2n) is 5.89. The molecule has 1 heterocycles. The number of benzene rings is 2. The molecule has 1 aromatic heterocycles. The molecule has 0 spiro atoms. The van der Waals surface area contributed by atoms with Crippen molar-refractivity contribution in [2.45, 2.75) is 20.4 Å². The summed E-state index contributed by atoms with van der Waals surface area (Å²) in [6.07, 6.45) is 0. The highest BCUT2D eigenvalue weighted by Crippen LogP contribution is 2.18. The van der Waals surface area contributed by atoms with Crippen molar-refractivity contribution < 1.29 is 9.53 Å². The third-order valence-corrected chi connectivity index (χ3v) is 4.12. The van der Waals surface area contributed by atoms with E-state index >= 15 is 0 Å². The summed E-state index contributed by atoms with van der Waals surface area (Å²) < 4.78 is 6.99. The Morgan fingerprint density at radius 3 is 2.68 bits per heavy atom. The molecular weight excluding hydrogens is 314 g/mol. The smallest absolute Gasteiger partial charge is 0.272 e. The quantitative estimate of drug-likeness (QED) is 0.777. The van der Waals surface area contributed by atoms with Gasteiger partial charge in [-0.1, -0.05) is 30.3 Å². The van der Waals surface area contributed by atoms with Crippen LogP contribution in [0, 0.1) is 13.8 Å². The Morgan fingerprint density at radius 2 is 1.92 bits per heavy atom. The fourth-order valence-corrected chi connectivity index (χ4v) is 2.66. The van der Waals surface area contributed by atoms with Crippen molar-refractivity contribution in [3.05, 3.63) is 77.1 Å². The van der Waals surface area contributed by atoms with Crippen molar-refractivity contribution in [3.63, 3.8) is 0 Å². The molecule has 0 unspecified atom stereocenters. The highest BCUT2D eigenvalue weighted by atomic mass is 16.5. The van der Waals surface area contributed by atoms with E-state index in [4.69, 9.17) is 4.74 Å². The van der Waals surface area contributed by atoms with E-state index in [9.17, 15) is 4.79 Å². The second kappa shape index (κ2) is 7.21. The Labute approximate surface area is 147 Å². The lowest BCUT2D eigenvalue weighted by atomic mass is 10.1. The highest BCUT2D eigenvalue weighted by Gasteiger charge is 2.13. The maximum absolute atomic E-state index is 12.4. The summed E-state index contributed by atoms with van der Waals surface area (Å²) in [6, 6.07) is 17.4. The zero-order valence-electron chi connectivity index (χ0n) is 14.6. The van der Waals surface area contributed by atoms with Crippen LogP contribution < -0.4 is 10.1 Å². The number of aryl methyl sites for hydroxylation is 2. The summed E-state index contributed by atoms with van der Waals surface area (Å²) in [7, 11) is 1.62. The van der Waals surface area contributed by atoms with Crippen LogP contribution in [0.1, 0.15) is 27.3 Å². The van der Waals surface area contributed by atoms with Gasteiger partial charge < -0.3 is 10.1 Å². The minimum atomic E-state index is -0.187. The van der Waals surface area contributed by atoms with E-state index in [-0.39, 0.29) is 5.91 Å². The molecule has 1 N–H and O–H groups in total. The number of methoxy groups -OCH3 is 1. The topological polar surface area (TPSA) is 56.2 Å². The van der Waals surface area contributed by atoms with Gasteiger partial charge in [-0.3, -0.25) is 4.79 Å². The molecule has 128 valence electrons. The Morgan fingerprint density at radius 1 is 1.12 bits per heavy atom. The van der Waals surface area contributed by atoms with Crippen molar-refractivity contribution in [2.24, 2.45) is 0 Å². The van der Waals surface area contributed by atoms with E-state index in [1.54, 1.807) is 17.9 Å². The number of carbonyl (C=O) groups excluding carboxylic acids is 1. The van der Waals surface area contributed by atoms with Crippen LogP contribution in [-0.4, -0.2) is 22.8 Å². The average Bonchev–Trinajstić information content (AvgIpc) is 3.03. The summed E-state index contributed by atoms with van der Waals surface area (Å²) in [6.45, 7) is 4.43. The molecule has 0 atom stereocenters. The lowest BCUT2D eigenvalue weighted by molar-refractivity contribution is 0.0945. The van der Waals surface area contributed by atoms with Gasteiger partial charge in [0.1, 0.15) is 5.75 Å². The van der Waals surface area contributed by atoms with E-state index in [0.717, 1.165) is 28.3 Å². The molecule has 0 fully saturated rings. The molecule has 0 radical (unpaired) electrons. The minimum absolute atomic E-state index is 0.187. The Balaban J connectivity index is 1.77. The average molecular weight is 335 g/mol. The van der Waals surface area contributed by atoms with Gasteiger partial charge in [-0.05, 0) is 43.2 Å². The van der Waals surface area contributed by atoms with Crippen molar-refractivity contribution in [2.75, 3.05) is 7.11 Å². The maximum Gasteiger partial charge on any atom is 0.272 e. The van der Waals surface area contributed by atoms with E-state index in [2.05, 4.69) is 10.4 Å². The van der Waals surface area contributed by atoms with Crippen molar-refractivity contribution in [1.82, 2.24) is 15.1 Å². The molecule has 0 aliphatic rings. The van der Waals surface area contributed by atoms with Gasteiger partial charge in [0, 0.05) is 18.3 Å². The van der Waals surface area contributed by atoms with E-state index in [1.165, 1.54) is 0 Å². The van der Waals surface area contributed by atoms with Gasteiger partial charge in [0.15, 0.2) is 5.69 Å². The van der Waals surface area contributed by atoms with E-state index in [1.807, 2.05) is 62.4 Å². The van der Waals surface area contributed by atoms with Crippen molar-refractivity contribution in [3.8, 4) is 11.4 Å². The molecule has 0 saturated carbocycles. The zero-order chi connectivity index (χ0) is 17.8. The number of hydrogen-bond acceptors (Lipinski definition) is 3. The first kappa shape index (κ1) is 16.8. The van der Waals surface area contributed by atoms with Gasteiger partial charge in [-0.25, -0.2) is 4.68 Å². The maximum atomic E-state index is 12.4. The molecule has 1 amide bonds. The first-order valence-corrected chi connectivity index (χ1v) is 8.12. The number of nitrogens with zero attached hydrogens (tertiary/aromatic N) is 2. The molecular formula is C20H21N3O2. The van der Waals surface area contributed by atoms with Crippen LogP contribution in [0.25, 0.3) is 5.69 Å². The number of rotatable bonds is 5. The van der Waals surface area contributed by atoms with E-state index in [0.29, 0.717) is 12.2 Å². The Hall–Kier alpha value is -3.08. The molecule has 3 rings (SSSR count). The third-order valence-electron chi connectivity index (χ3n) is 4.12. The number of ether oxygens (including phenoxy) is 1. The summed E-state index contributed by atoms with van der Waals surface area (Å²) in [5, 5.41) is 7.37. The van der Waals surface area contributed by atoms with Gasteiger partial charge >= 0.3 is 0 Å². The van der Waals surface area contributed by atoms with Crippen LogP contribution in [0.4, 0.5) is 0 Å². The number of nitrogens with one attached hydrogen (secondary N) is 1. The summed E-state index contributed by atoms with van der Waals surface area (Å²) in [5.74, 6) is 0.561. The fourth-order valence-electron chi connectivity index (χ4n) is 2.66. The molecule has 0 bridgehead atoms. The molecule has 5 heteroatoms. The first-order chi connectivity index (χ1) is 12.1. The number of hydrogen-bond donors (Lipinski definition) is 1. The Bertz CT molecular complexity index is 899. The van der Waals surface area contributed by atoms with Gasteiger partial charge in [-0.2, -0.15) is 5.10 Å². The molecule has 25 heavy (non-hydrogen) atoms. The van der Waals surface area contributed by atoms with E-state index < -0.39 is 0 Å². The van der Waals surface area contributed by atoms with Crippen LogP contribution >= 0.6 is 0 Å². The normalized spacial score (nSPS) is 10.5. The van der Waals surface area contributed by atoms with Crippen LogP contribution in [0.15, 0.2) is 54.6 Å². The van der Waals surface area contributed by atoms with Gasteiger partial charge in [0.2, 0.25) is 0 Å². The molecule has 0 saturated heterocycles. The van der Waals surface area contributed by atoms with Crippen LogP contribution in [-0.2, 0) is 6.54 Å². The number of aromatic nitrogens is 2. The van der Waals surface area contributed by atoms with Crippen molar-refractivity contribution >= 4 is 5.91 Å². The lowest BCUT2D eigenvalue weighted by Gasteiger charge is -2.07. The highest BCUT2D eigenvalue weighted by molar-refractivity contribution is 5.92. The molecule has 5 nitrogen and oxygen atoms in total. The molecule has 0 aliphatic carbocycles. The van der Waals surface area contributed by atoms with Gasteiger partial charge in [-0.15, -0.1) is 0 Å². The lowest BCUT2D eigenvalue weighted by Crippen LogP contribution is -2.23. The third kappa shape index (κ3) is 3.71. The summed E-state index contributed by atoms with van der Waals surface area (Å²) in [4.78, 5) is 12.4. The van der Waals surface area contributed by atoms with Crippen LogP contribution in [0.3, 0.4) is 0 Å². The minimum Gasteiger partial charge on any atom is -0.497 e. The summed E-state index contributed by atoms with van der Waals surface area (Å²) in [5.41, 5.74) is 4.39. The van der Waals surface area contributed by atoms with Gasteiger partial charge in [0.05, 0.1) is 12.8 Å². The molecule has 0 aliphatic heterocycles. The standard InChI is InChI=1S/C20H21N3O2/c1-14-7-4-5-8-16(14)13-21-20(24)19-11-15(2)23(22-19)17-9-6-10-18(12-17)25-3/h4-12H,13H2,1-3H3,(H,21,24). The van der Waals surface area contributed by atoms with Crippen molar-refractivity contribution in [1.29, 1.82) is 0 Å². The SMILES string of the molecule is COc1cccc(-n2nc(C(=O)NCc3ccccc3C)cc2C)c1. The fraction of sp³-hybridized carbons (Fsp3) is 0.200. The largest absolute Gasteiger partial charge is 0.497 e. The number of carbonyl (C=O) groups is 1. The summed E-state index contributed by atoms with van der Waals surface area (Å²) >= 11 is 0. The molecule has 2 aromatic carbocycles. The molecule has 3 aromatic rings. The van der Waals surface area contributed by atoms with Crippen LogP contribution in [0.2, 0.25) is 0 Å². The van der Waals surface area contributed by atoms with Gasteiger partial charge in [0.25, 0.3) is 5.91 Å². The predicted octanol–water partition coefficient (Wildman–Crippen LogP) is 3.43. The van der Waals surface area contributed by atoms with Crippen LogP contribution in [0.5, 0.6) is 5.75 Å². The zero-order valence-corrected chi connectivity index (χ0v) is 14.6. The predicted molar refractivity (Wildman–Crippen MR) is 97.2 cm³/mol. The number of amides is 1. The Kier molecular flexibility index (Phi) is 4.84. The second-order valence-corrected chi connectivity index (χ2v) is 5.89. The monoisotopic (exact) mass is 335 g/mol.